The first-order valence-electron chi connectivity index (χ1n) is 13.1. The van der Waals surface area contributed by atoms with E-state index in [1.54, 1.807) is 12.1 Å². The van der Waals surface area contributed by atoms with Gasteiger partial charge in [0, 0.05) is 31.9 Å². The minimum atomic E-state index is -0.556. The molecule has 2 aromatic carbocycles. The van der Waals surface area contributed by atoms with E-state index in [9.17, 15) is 14.4 Å². The van der Waals surface area contributed by atoms with Gasteiger partial charge in [-0.25, -0.2) is 9.37 Å². The van der Waals surface area contributed by atoms with Crippen LogP contribution >= 0.6 is 0 Å². The van der Waals surface area contributed by atoms with Gasteiger partial charge in [0.25, 0.3) is 0 Å². The van der Waals surface area contributed by atoms with Crippen LogP contribution in [0.1, 0.15) is 26.3 Å². The van der Waals surface area contributed by atoms with E-state index in [0.29, 0.717) is 11.4 Å². The van der Waals surface area contributed by atoms with E-state index in [-0.39, 0.29) is 40.8 Å². The Morgan fingerprint density at radius 2 is 1.98 bits per heavy atom. The number of aromatic nitrogens is 2. The lowest BCUT2D eigenvalue weighted by molar-refractivity contribution is -0.111. The standard InChI is InChI=1S/C29H33FN8O2/c1-5-26(39)33-24-16-21(38-14-12-37(6-2)13-15-38)10-11-23(24)34-29-32-18-20(17-31)28(36-29)35-27-22(30)8-7-9-25(27)40-19(3)4/h5,7-11,16,18-19H,1,6,12-15H2,2-4H3,(H,33,39)(H2,32,34,35,36). The smallest absolute Gasteiger partial charge is 0.247 e. The van der Waals surface area contributed by atoms with Gasteiger partial charge >= 0.3 is 0 Å². The second-order valence-corrected chi connectivity index (χ2v) is 9.44. The number of halogens is 1. The molecule has 0 atom stereocenters. The number of nitrogens with one attached hydrogen (secondary N) is 3. The number of amides is 1. The lowest BCUT2D eigenvalue weighted by atomic mass is 10.2. The molecule has 1 saturated heterocycles. The van der Waals surface area contributed by atoms with Crippen molar-refractivity contribution >= 4 is 40.4 Å². The summed E-state index contributed by atoms with van der Waals surface area (Å²) < 4.78 is 20.5. The maximum atomic E-state index is 14.8. The fourth-order valence-electron chi connectivity index (χ4n) is 4.28. The van der Waals surface area contributed by atoms with Gasteiger partial charge in [-0.2, -0.15) is 10.2 Å². The van der Waals surface area contributed by atoms with Gasteiger partial charge in [0.2, 0.25) is 11.9 Å². The molecule has 3 aromatic rings. The number of benzene rings is 2. The Labute approximate surface area is 233 Å². The quantitative estimate of drug-likeness (QED) is 0.302. The second kappa shape index (κ2) is 12.9. The number of ether oxygens (including phenoxy) is 1. The third kappa shape index (κ3) is 6.84. The SMILES string of the molecule is C=CC(=O)Nc1cc(N2CCN(CC)CC2)ccc1Nc1ncc(C#N)c(Nc2c(F)cccc2OC(C)C)n1. The first-order chi connectivity index (χ1) is 19.3. The molecule has 40 heavy (non-hydrogen) atoms. The molecule has 1 aliphatic rings. The van der Waals surface area contributed by atoms with E-state index in [0.717, 1.165) is 38.4 Å². The third-order valence-corrected chi connectivity index (χ3v) is 6.37. The highest BCUT2D eigenvalue weighted by atomic mass is 19.1. The molecule has 0 saturated carbocycles. The molecule has 10 nitrogen and oxygen atoms in total. The molecule has 208 valence electrons. The number of rotatable bonds is 10. The van der Waals surface area contributed by atoms with Crippen molar-refractivity contribution in [1.82, 2.24) is 14.9 Å². The summed E-state index contributed by atoms with van der Waals surface area (Å²) in [5.74, 6) is -0.392. The highest BCUT2D eigenvalue weighted by molar-refractivity contribution is 6.02. The molecule has 1 fully saturated rings. The van der Waals surface area contributed by atoms with Gasteiger partial charge < -0.3 is 30.5 Å². The largest absolute Gasteiger partial charge is 0.489 e. The van der Waals surface area contributed by atoms with Crippen molar-refractivity contribution in [3.8, 4) is 11.8 Å². The lowest BCUT2D eigenvalue weighted by Gasteiger charge is -2.35. The molecular formula is C29H33FN8O2. The summed E-state index contributed by atoms with van der Waals surface area (Å²) in [7, 11) is 0. The van der Waals surface area contributed by atoms with Crippen molar-refractivity contribution in [2.75, 3.05) is 53.6 Å². The fraction of sp³-hybridized carbons (Fsp3) is 0.310. The molecule has 4 rings (SSSR count). The fourth-order valence-corrected chi connectivity index (χ4v) is 4.28. The molecule has 11 heteroatoms. The van der Waals surface area contributed by atoms with Crippen LogP contribution in [-0.4, -0.2) is 59.6 Å². The van der Waals surface area contributed by atoms with E-state index in [1.807, 2.05) is 38.1 Å². The number of carbonyl (C=O) groups excluding carboxylic acids is 1. The minimum Gasteiger partial charge on any atom is -0.489 e. The maximum Gasteiger partial charge on any atom is 0.247 e. The van der Waals surface area contributed by atoms with E-state index in [1.165, 1.54) is 18.3 Å². The number of nitriles is 1. The number of piperazine rings is 1. The predicted molar refractivity (Wildman–Crippen MR) is 155 cm³/mol. The molecule has 1 aliphatic heterocycles. The molecule has 0 bridgehead atoms. The average Bonchev–Trinajstić information content (AvgIpc) is 2.95. The van der Waals surface area contributed by atoms with Crippen molar-refractivity contribution in [2.45, 2.75) is 26.9 Å². The van der Waals surface area contributed by atoms with Crippen LogP contribution < -0.4 is 25.6 Å². The molecule has 1 aromatic heterocycles. The van der Waals surface area contributed by atoms with Gasteiger partial charge in [0.05, 0.1) is 23.7 Å². The molecule has 2 heterocycles. The van der Waals surface area contributed by atoms with Crippen LogP contribution in [0.15, 0.2) is 55.3 Å². The van der Waals surface area contributed by atoms with Crippen LogP contribution in [0.4, 0.5) is 38.9 Å². The molecule has 0 spiro atoms. The van der Waals surface area contributed by atoms with E-state index in [4.69, 9.17) is 4.74 Å². The number of hydrogen-bond acceptors (Lipinski definition) is 9. The summed E-state index contributed by atoms with van der Waals surface area (Å²) in [6.45, 7) is 14.1. The summed E-state index contributed by atoms with van der Waals surface area (Å²) in [5.41, 5.74) is 2.21. The number of anilines is 6. The van der Waals surface area contributed by atoms with Gasteiger partial charge in [0.1, 0.15) is 23.1 Å². The Morgan fingerprint density at radius 1 is 1.20 bits per heavy atom. The third-order valence-electron chi connectivity index (χ3n) is 6.37. The van der Waals surface area contributed by atoms with Crippen LogP contribution in [0, 0.1) is 17.1 Å². The van der Waals surface area contributed by atoms with Crippen molar-refractivity contribution in [3.63, 3.8) is 0 Å². The van der Waals surface area contributed by atoms with Crippen LogP contribution in [0.25, 0.3) is 0 Å². The Balaban J connectivity index is 1.63. The summed E-state index contributed by atoms with van der Waals surface area (Å²) in [4.78, 5) is 25.6. The van der Waals surface area contributed by atoms with E-state index >= 15 is 0 Å². The van der Waals surface area contributed by atoms with Crippen LogP contribution in [0.3, 0.4) is 0 Å². The minimum absolute atomic E-state index is 0.0591. The average molecular weight is 545 g/mol. The van der Waals surface area contributed by atoms with Crippen molar-refractivity contribution in [2.24, 2.45) is 0 Å². The maximum absolute atomic E-state index is 14.8. The predicted octanol–water partition coefficient (Wildman–Crippen LogP) is 5.03. The van der Waals surface area contributed by atoms with Gasteiger partial charge in [-0.1, -0.05) is 19.6 Å². The zero-order chi connectivity index (χ0) is 28.6. The summed E-state index contributed by atoms with van der Waals surface area (Å²) in [5, 5.41) is 18.5. The monoisotopic (exact) mass is 544 g/mol. The number of nitrogens with zero attached hydrogens (tertiary/aromatic N) is 5. The van der Waals surface area contributed by atoms with E-state index < -0.39 is 5.82 Å². The number of hydrogen-bond donors (Lipinski definition) is 3. The number of likely N-dealkylation sites (N-methyl/N-ethyl adjacent to an activating group) is 1. The Bertz CT molecular complexity index is 1410. The highest BCUT2D eigenvalue weighted by Crippen LogP contribution is 2.33. The zero-order valence-electron chi connectivity index (χ0n) is 22.9. The molecule has 0 radical (unpaired) electrons. The molecule has 0 aliphatic carbocycles. The van der Waals surface area contributed by atoms with Crippen LogP contribution in [0.2, 0.25) is 0 Å². The van der Waals surface area contributed by atoms with Gasteiger partial charge in [-0.15, -0.1) is 0 Å². The first-order valence-corrected chi connectivity index (χ1v) is 13.1. The van der Waals surface area contributed by atoms with Crippen LogP contribution in [-0.2, 0) is 4.79 Å². The number of carbonyl (C=O) groups is 1. The Kier molecular flexibility index (Phi) is 9.14. The first kappa shape index (κ1) is 28.3. The van der Waals surface area contributed by atoms with Gasteiger partial charge in [-0.05, 0) is 56.8 Å². The molecule has 1 amide bonds. The Morgan fingerprint density at radius 3 is 2.65 bits per heavy atom. The van der Waals surface area contributed by atoms with Crippen molar-refractivity contribution in [1.29, 1.82) is 5.26 Å². The highest BCUT2D eigenvalue weighted by Gasteiger charge is 2.19. The van der Waals surface area contributed by atoms with Gasteiger partial charge in [-0.3, -0.25) is 4.79 Å². The number of para-hydroxylation sites is 1. The van der Waals surface area contributed by atoms with Crippen molar-refractivity contribution < 1.29 is 13.9 Å². The van der Waals surface area contributed by atoms with Crippen molar-refractivity contribution in [3.05, 3.63) is 66.6 Å². The lowest BCUT2D eigenvalue weighted by Crippen LogP contribution is -2.46. The molecular weight excluding hydrogens is 511 g/mol. The second-order valence-electron chi connectivity index (χ2n) is 9.44. The summed E-state index contributed by atoms with van der Waals surface area (Å²) in [6, 6.07) is 12.2. The normalized spacial score (nSPS) is 13.4. The molecule has 3 N–H and O–H groups in total. The van der Waals surface area contributed by atoms with E-state index in [2.05, 4.69) is 49.2 Å². The van der Waals surface area contributed by atoms with Gasteiger partial charge in [0.15, 0.2) is 11.6 Å². The zero-order valence-corrected chi connectivity index (χ0v) is 22.9. The van der Waals surface area contributed by atoms with Crippen LogP contribution in [0.5, 0.6) is 5.75 Å². The molecule has 0 unspecified atom stereocenters. The summed E-state index contributed by atoms with van der Waals surface area (Å²) >= 11 is 0. The summed E-state index contributed by atoms with van der Waals surface area (Å²) in [6.07, 6.45) is 2.34. The topological polar surface area (TPSA) is 118 Å². The Hall–Kier alpha value is -4.69.